The van der Waals surface area contributed by atoms with E-state index in [2.05, 4.69) is 27.9 Å². The quantitative estimate of drug-likeness (QED) is 0.363. The number of hydrogen-bond acceptors (Lipinski definition) is 5. The van der Waals surface area contributed by atoms with Crippen LogP contribution >= 0.6 is 0 Å². The molecule has 0 saturated carbocycles. The molecule has 0 aromatic carbocycles. The highest BCUT2D eigenvalue weighted by Gasteiger charge is 2.20. The van der Waals surface area contributed by atoms with Gasteiger partial charge in [0, 0.05) is 39.8 Å². The monoisotopic (exact) mass is 427 g/mol. The summed E-state index contributed by atoms with van der Waals surface area (Å²) in [6, 6.07) is -0.0392. The van der Waals surface area contributed by atoms with Crippen molar-refractivity contribution >= 4 is 18.0 Å². The second kappa shape index (κ2) is 13.3. The van der Waals surface area contributed by atoms with Gasteiger partial charge in [-0.25, -0.2) is 9.79 Å². The van der Waals surface area contributed by atoms with Gasteiger partial charge >= 0.3 is 6.09 Å². The number of hydrogen-bond donors (Lipinski definition) is 3. The summed E-state index contributed by atoms with van der Waals surface area (Å²) in [5.74, 6) is 0.470. The van der Waals surface area contributed by atoms with Crippen LogP contribution in [0.2, 0.25) is 0 Å². The average Bonchev–Trinajstić information content (AvgIpc) is 3.17. The minimum Gasteiger partial charge on any atom is -0.444 e. The summed E-state index contributed by atoms with van der Waals surface area (Å²) in [6.45, 7) is 9.49. The molecule has 1 rings (SSSR count). The lowest BCUT2D eigenvalue weighted by molar-refractivity contribution is -0.127. The predicted octanol–water partition coefficient (Wildman–Crippen LogP) is 1.87. The molecule has 9 nitrogen and oxygen atoms in total. The largest absolute Gasteiger partial charge is 0.444 e. The molecule has 0 aliphatic carbocycles. The number of likely N-dealkylation sites (N-methyl/N-ethyl adjacent to an activating group) is 1. The van der Waals surface area contributed by atoms with Gasteiger partial charge < -0.3 is 30.3 Å². The van der Waals surface area contributed by atoms with E-state index in [1.54, 1.807) is 14.1 Å². The number of ether oxygens (including phenoxy) is 2. The van der Waals surface area contributed by atoms with Gasteiger partial charge in [-0.1, -0.05) is 19.8 Å². The zero-order valence-electron chi connectivity index (χ0n) is 19.5. The van der Waals surface area contributed by atoms with Crippen LogP contribution in [0.15, 0.2) is 4.99 Å². The number of alkyl carbamates (subject to hydrolysis) is 1. The zero-order valence-corrected chi connectivity index (χ0v) is 19.5. The minimum atomic E-state index is -0.543. The van der Waals surface area contributed by atoms with Gasteiger partial charge in [0.05, 0.1) is 6.10 Å². The van der Waals surface area contributed by atoms with E-state index in [0.29, 0.717) is 19.0 Å². The highest BCUT2D eigenvalue weighted by molar-refractivity contribution is 5.85. The molecule has 174 valence electrons. The molecule has 0 radical (unpaired) electrons. The van der Waals surface area contributed by atoms with Crippen molar-refractivity contribution in [2.75, 3.05) is 40.3 Å². The van der Waals surface area contributed by atoms with Gasteiger partial charge in [0.15, 0.2) is 5.96 Å². The number of amides is 2. The molecule has 0 spiro atoms. The second-order valence-corrected chi connectivity index (χ2v) is 8.84. The molecule has 2 unspecified atom stereocenters. The molecule has 30 heavy (non-hydrogen) atoms. The van der Waals surface area contributed by atoms with Gasteiger partial charge in [0.2, 0.25) is 5.91 Å². The van der Waals surface area contributed by atoms with Crippen LogP contribution in [0.5, 0.6) is 0 Å². The van der Waals surface area contributed by atoms with E-state index in [1.807, 2.05) is 20.8 Å². The topological polar surface area (TPSA) is 104 Å². The Morgan fingerprint density at radius 1 is 1.27 bits per heavy atom. The number of carbonyl (C=O) groups excluding carboxylic acids is 2. The van der Waals surface area contributed by atoms with Crippen molar-refractivity contribution in [2.24, 2.45) is 4.99 Å². The number of aliphatic imine (C=N–C) groups is 1. The lowest BCUT2D eigenvalue weighted by Crippen LogP contribution is -2.50. The maximum Gasteiger partial charge on any atom is 0.407 e. The van der Waals surface area contributed by atoms with Crippen molar-refractivity contribution in [1.82, 2.24) is 20.9 Å². The fraction of sp³-hybridized carbons (Fsp3) is 0.857. The standard InChI is InChI=1S/C21H41N5O4/c1-7-8-10-16(13-24-20(28)30-21(2,3)4)25-19(23-15-18(27)26(5)6)22-14-17-11-9-12-29-17/h16-17H,7-15H2,1-6H3,(H,24,28)(H2,22,23,25). The first-order valence-electron chi connectivity index (χ1n) is 10.9. The molecule has 1 fully saturated rings. The van der Waals surface area contributed by atoms with E-state index < -0.39 is 11.7 Å². The lowest BCUT2D eigenvalue weighted by atomic mass is 10.1. The molecule has 2 atom stereocenters. The van der Waals surface area contributed by atoms with Gasteiger partial charge in [0.1, 0.15) is 12.1 Å². The molecule has 1 aliphatic heterocycles. The van der Waals surface area contributed by atoms with Crippen molar-refractivity contribution in [1.29, 1.82) is 0 Å². The van der Waals surface area contributed by atoms with E-state index in [0.717, 1.165) is 38.7 Å². The number of nitrogens with one attached hydrogen (secondary N) is 3. The Balaban J connectivity index is 2.73. The van der Waals surface area contributed by atoms with Crippen molar-refractivity contribution in [3.05, 3.63) is 0 Å². The van der Waals surface area contributed by atoms with Crippen LogP contribution in [-0.2, 0) is 14.3 Å². The van der Waals surface area contributed by atoms with E-state index in [9.17, 15) is 9.59 Å². The van der Waals surface area contributed by atoms with Crippen LogP contribution in [-0.4, -0.2) is 80.9 Å². The summed E-state index contributed by atoms with van der Waals surface area (Å²) in [5, 5.41) is 9.48. The Labute approximate surface area is 181 Å². The maximum atomic E-state index is 12.0. The van der Waals surface area contributed by atoms with E-state index in [-0.39, 0.29) is 24.6 Å². The molecule has 1 aliphatic rings. The van der Waals surface area contributed by atoms with Crippen LogP contribution in [0.25, 0.3) is 0 Å². The van der Waals surface area contributed by atoms with Gasteiger partial charge in [-0.2, -0.15) is 0 Å². The molecule has 1 saturated heterocycles. The number of carbonyl (C=O) groups is 2. The highest BCUT2D eigenvalue weighted by atomic mass is 16.6. The zero-order chi connectivity index (χ0) is 22.6. The second-order valence-electron chi connectivity index (χ2n) is 8.84. The van der Waals surface area contributed by atoms with Crippen molar-refractivity contribution in [3.8, 4) is 0 Å². The third kappa shape index (κ3) is 11.8. The Morgan fingerprint density at radius 2 is 2.00 bits per heavy atom. The molecule has 9 heteroatoms. The summed E-state index contributed by atoms with van der Waals surface area (Å²) in [5.41, 5.74) is -0.543. The number of guanidine groups is 1. The first-order valence-corrected chi connectivity index (χ1v) is 10.9. The number of nitrogens with zero attached hydrogens (tertiary/aromatic N) is 2. The minimum absolute atomic E-state index is 0.0392. The molecule has 0 aromatic heterocycles. The molecular weight excluding hydrogens is 386 g/mol. The van der Waals surface area contributed by atoms with E-state index in [4.69, 9.17) is 9.47 Å². The molecule has 0 aromatic rings. The van der Waals surface area contributed by atoms with E-state index in [1.165, 1.54) is 4.90 Å². The molecule has 1 heterocycles. The highest BCUT2D eigenvalue weighted by Crippen LogP contribution is 2.10. The van der Waals surface area contributed by atoms with Gasteiger partial charge in [-0.15, -0.1) is 0 Å². The number of unbranched alkanes of at least 4 members (excludes halogenated alkanes) is 1. The first kappa shape index (κ1) is 26.0. The van der Waals surface area contributed by atoms with Crippen molar-refractivity contribution < 1.29 is 19.1 Å². The van der Waals surface area contributed by atoms with Crippen LogP contribution < -0.4 is 16.0 Å². The fourth-order valence-electron chi connectivity index (χ4n) is 2.85. The van der Waals surface area contributed by atoms with Crippen molar-refractivity contribution in [2.45, 2.75) is 77.5 Å². The van der Waals surface area contributed by atoms with Gasteiger partial charge in [-0.3, -0.25) is 4.79 Å². The van der Waals surface area contributed by atoms with Crippen LogP contribution in [0.1, 0.15) is 59.8 Å². The van der Waals surface area contributed by atoms with E-state index >= 15 is 0 Å². The molecule has 0 bridgehead atoms. The third-order valence-corrected chi connectivity index (χ3v) is 4.53. The normalized spacial score (nSPS) is 17.9. The van der Waals surface area contributed by atoms with Gasteiger partial charge in [0.25, 0.3) is 0 Å². The fourth-order valence-corrected chi connectivity index (χ4v) is 2.85. The molecule has 2 amide bonds. The third-order valence-electron chi connectivity index (χ3n) is 4.53. The predicted molar refractivity (Wildman–Crippen MR) is 119 cm³/mol. The van der Waals surface area contributed by atoms with Crippen LogP contribution in [0.4, 0.5) is 4.79 Å². The Hall–Kier alpha value is -2.03. The van der Waals surface area contributed by atoms with Crippen molar-refractivity contribution in [3.63, 3.8) is 0 Å². The first-order chi connectivity index (χ1) is 14.1. The summed E-state index contributed by atoms with van der Waals surface area (Å²) < 4.78 is 11.0. The summed E-state index contributed by atoms with van der Waals surface area (Å²) >= 11 is 0. The number of rotatable bonds is 10. The van der Waals surface area contributed by atoms with Crippen LogP contribution in [0, 0.1) is 0 Å². The Kier molecular flexibility index (Phi) is 11.5. The molecule has 3 N–H and O–H groups in total. The summed E-state index contributed by atoms with van der Waals surface area (Å²) in [4.78, 5) is 30.0. The van der Waals surface area contributed by atoms with Gasteiger partial charge in [-0.05, 0) is 40.0 Å². The lowest BCUT2D eigenvalue weighted by Gasteiger charge is -2.24. The summed E-state index contributed by atoms with van der Waals surface area (Å²) in [6.07, 6.45) is 4.67. The Morgan fingerprint density at radius 3 is 2.57 bits per heavy atom. The summed E-state index contributed by atoms with van der Waals surface area (Å²) in [7, 11) is 3.42. The molecular formula is C21H41N5O4. The smallest absolute Gasteiger partial charge is 0.407 e. The van der Waals surface area contributed by atoms with Crippen LogP contribution in [0.3, 0.4) is 0 Å². The SMILES string of the molecule is CCCCC(CNC(=O)OC(C)(C)C)NC(=NCC(=O)N(C)C)NCC1CCCO1. The Bertz CT molecular complexity index is 554. The maximum absolute atomic E-state index is 12.0. The average molecular weight is 428 g/mol.